The summed E-state index contributed by atoms with van der Waals surface area (Å²) in [6.07, 6.45) is 3.66. The topological polar surface area (TPSA) is 93.5 Å². The van der Waals surface area contributed by atoms with Gasteiger partial charge in [-0.15, -0.1) is 0 Å². The highest BCUT2D eigenvalue weighted by atomic mass is 16.5. The van der Waals surface area contributed by atoms with Crippen molar-refractivity contribution >= 4 is 11.9 Å². The molecule has 2 heterocycles. The molecule has 2 aromatic rings. The van der Waals surface area contributed by atoms with E-state index in [0.717, 1.165) is 24.9 Å². The number of nitrogens with one attached hydrogen (secondary N) is 2. The number of oxazole rings is 1. The zero-order valence-corrected chi connectivity index (χ0v) is 14.7. The number of amides is 1. The van der Waals surface area contributed by atoms with Crippen molar-refractivity contribution in [2.24, 2.45) is 0 Å². The van der Waals surface area contributed by atoms with Gasteiger partial charge in [-0.2, -0.15) is 0 Å². The molecule has 1 aromatic heterocycles. The fourth-order valence-electron chi connectivity index (χ4n) is 2.97. The van der Waals surface area contributed by atoms with E-state index in [9.17, 15) is 9.59 Å². The number of carbonyl (C=O) groups is 2. The quantitative estimate of drug-likeness (QED) is 0.736. The lowest BCUT2D eigenvalue weighted by molar-refractivity contribution is -0.145. The summed E-state index contributed by atoms with van der Waals surface area (Å²) in [5.41, 5.74) is 1.10. The van der Waals surface area contributed by atoms with Crippen molar-refractivity contribution in [2.75, 3.05) is 13.2 Å². The number of hydrogen-bond acceptors (Lipinski definition) is 6. The van der Waals surface area contributed by atoms with Gasteiger partial charge in [-0.1, -0.05) is 30.3 Å². The summed E-state index contributed by atoms with van der Waals surface area (Å²) in [6.45, 7) is 2.90. The first-order valence-corrected chi connectivity index (χ1v) is 8.87. The summed E-state index contributed by atoms with van der Waals surface area (Å²) in [5.74, 6) is -0.416. The van der Waals surface area contributed by atoms with Crippen molar-refractivity contribution in [1.29, 1.82) is 0 Å². The van der Waals surface area contributed by atoms with E-state index in [1.54, 1.807) is 6.92 Å². The Hall–Kier alpha value is -2.67. The van der Waals surface area contributed by atoms with Crippen molar-refractivity contribution in [1.82, 2.24) is 15.6 Å². The highest BCUT2D eigenvalue weighted by Gasteiger charge is 2.26. The Morgan fingerprint density at radius 2 is 2.19 bits per heavy atom. The van der Waals surface area contributed by atoms with Crippen molar-refractivity contribution in [3.8, 4) is 0 Å². The molecule has 0 aliphatic carbocycles. The molecule has 0 saturated carbocycles. The Morgan fingerprint density at radius 3 is 2.88 bits per heavy atom. The van der Waals surface area contributed by atoms with Gasteiger partial charge in [0.05, 0.1) is 12.6 Å². The molecule has 2 N–H and O–H groups in total. The second-order valence-electron chi connectivity index (χ2n) is 6.19. The van der Waals surface area contributed by atoms with E-state index in [1.165, 1.54) is 6.26 Å². The molecular weight excluding hydrogens is 334 g/mol. The summed E-state index contributed by atoms with van der Waals surface area (Å²) >= 11 is 0. The Labute approximate surface area is 152 Å². The SMILES string of the molecule is CCOC(=O)C(Cc1ccccc1)NC(=O)c1coc(C2CCCN2)n1. The molecule has 2 atom stereocenters. The van der Waals surface area contributed by atoms with Crippen LogP contribution in [0.1, 0.15) is 47.7 Å². The van der Waals surface area contributed by atoms with Gasteiger partial charge in [-0.25, -0.2) is 9.78 Å². The van der Waals surface area contributed by atoms with Crippen LogP contribution in [0.2, 0.25) is 0 Å². The molecule has 138 valence electrons. The van der Waals surface area contributed by atoms with E-state index in [2.05, 4.69) is 15.6 Å². The third-order valence-electron chi connectivity index (χ3n) is 4.27. The number of rotatable bonds is 7. The molecule has 26 heavy (non-hydrogen) atoms. The minimum atomic E-state index is -0.783. The summed E-state index contributed by atoms with van der Waals surface area (Å²) in [4.78, 5) is 29.0. The van der Waals surface area contributed by atoms with Gasteiger partial charge in [0.1, 0.15) is 12.3 Å². The lowest BCUT2D eigenvalue weighted by Crippen LogP contribution is -2.43. The van der Waals surface area contributed by atoms with Crippen LogP contribution in [0.15, 0.2) is 41.0 Å². The molecule has 0 spiro atoms. The normalized spacial score (nSPS) is 17.7. The Morgan fingerprint density at radius 1 is 1.38 bits per heavy atom. The molecule has 3 rings (SSSR count). The van der Waals surface area contributed by atoms with Gasteiger partial charge in [0.15, 0.2) is 5.69 Å². The van der Waals surface area contributed by atoms with Crippen LogP contribution >= 0.6 is 0 Å². The fraction of sp³-hybridized carbons (Fsp3) is 0.421. The molecule has 2 unspecified atom stereocenters. The van der Waals surface area contributed by atoms with Crippen molar-refractivity contribution in [3.05, 3.63) is 53.7 Å². The van der Waals surface area contributed by atoms with Gasteiger partial charge >= 0.3 is 5.97 Å². The summed E-state index contributed by atoms with van der Waals surface area (Å²) in [6, 6.07) is 8.73. The van der Waals surface area contributed by atoms with E-state index in [1.807, 2.05) is 30.3 Å². The third-order valence-corrected chi connectivity index (χ3v) is 4.27. The van der Waals surface area contributed by atoms with Crippen LogP contribution < -0.4 is 10.6 Å². The average Bonchev–Trinajstić information content (AvgIpc) is 3.33. The smallest absolute Gasteiger partial charge is 0.328 e. The number of carbonyl (C=O) groups excluding carboxylic acids is 2. The van der Waals surface area contributed by atoms with Gasteiger partial charge in [0.2, 0.25) is 5.89 Å². The molecule has 7 heteroatoms. The molecule has 1 aliphatic rings. The Bertz CT molecular complexity index is 738. The van der Waals surface area contributed by atoms with E-state index >= 15 is 0 Å². The van der Waals surface area contributed by atoms with Crippen LogP contribution in [0.3, 0.4) is 0 Å². The molecule has 7 nitrogen and oxygen atoms in total. The number of esters is 1. The molecular formula is C19H23N3O4. The zero-order valence-electron chi connectivity index (χ0n) is 14.7. The Balaban J connectivity index is 1.69. The van der Waals surface area contributed by atoms with Gasteiger partial charge in [0.25, 0.3) is 5.91 Å². The molecule has 1 aromatic carbocycles. The summed E-state index contributed by atoms with van der Waals surface area (Å²) in [7, 11) is 0. The maximum absolute atomic E-state index is 12.5. The van der Waals surface area contributed by atoms with E-state index in [0.29, 0.717) is 12.3 Å². The minimum absolute atomic E-state index is 0.0433. The average molecular weight is 357 g/mol. The first kappa shape index (κ1) is 18.1. The van der Waals surface area contributed by atoms with E-state index in [4.69, 9.17) is 9.15 Å². The maximum Gasteiger partial charge on any atom is 0.328 e. The van der Waals surface area contributed by atoms with Gasteiger partial charge in [-0.3, -0.25) is 4.79 Å². The fourth-order valence-corrected chi connectivity index (χ4v) is 2.97. The third kappa shape index (κ3) is 4.49. The first-order valence-electron chi connectivity index (χ1n) is 8.87. The van der Waals surface area contributed by atoms with Gasteiger partial charge < -0.3 is 19.8 Å². The molecule has 1 fully saturated rings. The van der Waals surface area contributed by atoms with Crippen LogP contribution in [0.4, 0.5) is 0 Å². The van der Waals surface area contributed by atoms with Crippen molar-refractivity contribution < 1.29 is 18.7 Å². The number of ether oxygens (including phenoxy) is 1. The standard InChI is InChI=1S/C19H23N3O4/c1-2-25-19(24)15(11-13-7-4-3-5-8-13)21-17(23)16-12-26-18(22-16)14-9-6-10-20-14/h3-5,7-8,12,14-15,20H,2,6,9-11H2,1H3,(H,21,23). The largest absolute Gasteiger partial charge is 0.464 e. The summed E-state index contributed by atoms with van der Waals surface area (Å²) < 4.78 is 10.5. The second-order valence-corrected chi connectivity index (χ2v) is 6.19. The predicted octanol–water partition coefficient (Wildman–Crippen LogP) is 2.00. The number of hydrogen-bond donors (Lipinski definition) is 2. The number of aromatic nitrogens is 1. The lowest BCUT2D eigenvalue weighted by Gasteiger charge is -2.16. The molecule has 0 radical (unpaired) electrons. The highest BCUT2D eigenvalue weighted by Crippen LogP contribution is 2.22. The monoisotopic (exact) mass is 357 g/mol. The molecule has 0 bridgehead atoms. The number of nitrogens with zero attached hydrogens (tertiary/aromatic N) is 1. The zero-order chi connectivity index (χ0) is 18.4. The maximum atomic E-state index is 12.5. The molecule has 1 aliphatic heterocycles. The molecule has 1 saturated heterocycles. The second kappa shape index (κ2) is 8.62. The van der Waals surface area contributed by atoms with E-state index in [-0.39, 0.29) is 18.3 Å². The number of benzene rings is 1. The van der Waals surface area contributed by atoms with E-state index < -0.39 is 17.9 Å². The van der Waals surface area contributed by atoms with Gasteiger partial charge in [-0.05, 0) is 31.9 Å². The van der Waals surface area contributed by atoms with Crippen LogP contribution in [-0.2, 0) is 16.0 Å². The minimum Gasteiger partial charge on any atom is -0.464 e. The summed E-state index contributed by atoms with van der Waals surface area (Å²) in [5, 5.41) is 5.99. The van der Waals surface area contributed by atoms with Crippen molar-refractivity contribution in [3.63, 3.8) is 0 Å². The predicted molar refractivity (Wildman–Crippen MR) is 94.5 cm³/mol. The van der Waals surface area contributed by atoms with Gasteiger partial charge in [0, 0.05) is 6.42 Å². The van der Waals surface area contributed by atoms with Crippen LogP contribution in [0, 0.1) is 0 Å². The first-order chi connectivity index (χ1) is 12.7. The lowest BCUT2D eigenvalue weighted by atomic mass is 10.1. The van der Waals surface area contributed by atoms with Crippen LogP contribution in [-0.4, -0.2) is 36.1 Å². The van der Waals surface area contributed by atoms with Crippen molar-refractivity contribution in [2.45, 2.75) is 38.3 Å². The van der Waals surface area contributed by atoms with Crippen LogP contribution in [0.5, 0.6) is 0 Å². The highest BCUT2D eigenvalue weighted by molar-refractivity contribution is 5.95. The molecule has 1 amide bonds. The Kier molecular flexibility index (Phi) is 6.01. The van der Waals surface area contributed by atoms with Crippen LogP contribution in [0.25, 0.3) is 0 Å².